The standard InChI is InChI=1S/C32H32N4O5/c33-27-13-7-8-14-28(27)35-31(38)24-17-15-23(16-18-24)29(30(34)37)32(39)36(19-21-40-25-9-3-1-4-10-25)20-22-41-26-11-5-2-6-12-26/h1-18,29H,19-22,33H2,(H2,34,37)(H,35,38). The minimum Gasteiger partial charge on any atom is -0.492 e. The van der Waals surface area contributed by atoms with Crippen LogP contribution in [0.5, 0.6) is 11.5 Å². The van der Waals surface area contributed by atoms with E-state index in [0.717, 1.165) is 0 Å². The van der Waals surface area contributed by atoms with Gasteiger partial charge in [0.2, 0.25) is 11.8 Å². The quantitative estimate of drug-likeness (QED) is 0.169. The largest absolute Gasteiger partial charge is 0.492 e. The number of carbonyl (C=O) groups excluding carboxylic acids is 3. The first kappa shape index (κ1) is 28.7. The van der Waals surface area contributed by atoms with Crippen LogP contribution in [0.1, 0.15) is 21.8 Å². The van der Waals surface area contributed by atoms with Gasteiger partial charge in [-0.3, -0.25) is 14.4 Å². The summed E-state index contributed by atoms with van der Waals surface area (Å²) in [6.07, 6.45) is 0. The van der Waals surface area contributed by atoms with E-state index in [-0.39, 0.29) is 32.2 Å². The zero-order chi connectivity index (χ0) is 29.0. The Balaban J connectivity index is 1.47. The number of nitrogens with one attached hydrogen (secondary N) is 1. The maximum atomic E-state index is 13.7. The molecule has 9 nitrogen and oxygen atoms in total. The Kier molecular flexibility index (Phi) is 9.92. The van der Waals surface area contributed by atoms with Crippen LogP contribution in [0.2, 0.25) is 0 Å². The summed E-state index contributed by atoms with van der Waals surface area (Å²) in [5, 5.41) is 2.75. The third-order valence-corrected chi connectivity index (χ3v) is 6.30. The Morgan fingerprint density at radius 2 is 1.22 bits per heavy atom. The summed E-state index contributed by atoms with van der Waals surface area (Å²) >= 11 is 0. The van der Waals surface area contributed by atoms with Gasteiger partial charge in [-0.2, -0.15) is 0 Å². The molecule has 0 heterocycles. The van der Waals surface area contributed by atoms with Gasteiger partial charge in [0, 0.05) is 5.56 Å². The van der Waals surface area contributed by atoms with Gasteiger partial charge in [-0.1, -0.05) is 60.7 Å². The molecule has 3 amide bonds. The van der Waals surface area contributed by atoms with E-state index in [2.05, 4.69) is 5.32 Å². The van der Waals surface area contributed by atoms with E-state index < -0.39 is 17.7 Å². The first-order valence-corrected chi connectivity index (χ1v) is 13.1. The summed E-state index contributed by atoms with van der Waals surface area (Å²) in [5.41, 5.74) is 13.3. The van der Waals surface area contributed by atoms with Crippen LogP contribution in [0.15, 0.2) is 109 Å². The van der Waals surface area contributed by atoms with Crippen molar-refractivity contribution in [1.29, 1.82) is 0 Å². The maximum absolute atomic E-state index is 13.7. The van der Waals surface area contributed by atoms with E-state index in [9.17, 15) is 14.4 Å². The summed E-state index contributed by atoms with van der Waals surface area (Å²) < 4.78 is 11.6. The van der Waals surface area contributed by atoms with Crippen molar-refractivity contribution in [2.75, 3.05) is 37.4 Å². The second kappa shape index (κ2) is 14.2. The summed E-state index contributed by atoms with van der Waals surface area (Å²) in [7, 11) is 0. The number of ether oxygens (including phenoxy) is 2. The lowest BCUT2D eigenvalue weighted by atomic mass is 9.95. The highest BCUT2D eigenvalue weighted by atomic mass is 16.5. The van der Waals surface area contributed by atoms with Crippen molar-refractivity contribution < 1.29 is 23.9 Å². The molecule has 210 valence electrons. The predicted octanol–water partition coefficient (Wildman–Crippen LogP) is 4.08. The van der Waals surface area contributed by atoms with Crippen molar-refractivity contribution in [3.8, 4) is 11.5 Å². The van der Waals surface area contributed by atoms with Gasteiger partial charge >= 0.3 is 0 Å². The molecule has 1 unspecified atom stereocenters. The number of primary amides is 1. The average Bonchev–Trinajstić information content (AvgIpc) is 2.99. The Bertz CT molecular complexity index is 1400. The fourth-order valence-electron chi connectivity index (χ4n) is 4.16. The third kappa shape index (κ3) is 8.09. The normalized spacial score (nSPS) is 11.2. The molecule has 0 fully saturated rings. The number of anilines is 2. The molecule has 0 aliphatic carbocycles. The van der Waals surface area contributed by atoms with Gasteiger partial charge in [0.25, 0.3) is 5.91 Å². The van der Waals surface area contributed by atoms with Gasteiger partial charge in [0.05, 0.1) is 24.5 Å². The number of amides is 3. The van der Waals surface area contributed by atoms with Crippen molar-refractivity contribution >= 4 is 29.1 Å². The van der Waals surface area contributed by atoms with E-state index in [1.165, 1.54) is 17.0 Å². The van der Waals surface area contributed by atoms with Crippen LogP contribution in [0.25, 0.3) is 0 Å². The molecule has 0 aromatic heterocycles. The molecule has 4 rings (SSSR count). The van der Waals surface area contributed by atoms with E-state index in [1.54, 1.807) is 36.4 Å². The number of benzene rings is 4. The number of para-hydroxylation sites is 4. The molecule has 4 aromatic rings. The van der Waals surface area contributed by atoms with Crippen LogP contribution in [-0.4, -0.2) is 48.9 Å². The molecule has 0 aliphatic heterocycles. The van der Waals surface area contributed by atoms with Crippen molar-refractivity contribution in [1.82, 2.24) is 4.90 Å². The molecule has 0 bridgehead atoms. The topological polar surface area (TPSA) is 137 Å². The van der Waals surface area contributed by atoms with Gasteiger partial charge < -0.3 is 31.2 Å². The Hall–Kier alpha value is -5.31. The smallest absolute Gasteiger partial charge is 0.255 e. The van der Waals surface area contributed by atoms with Crippen LogP contribution in [0.4, 0.5) is 11.4 Å². The van der Waals surface area contributed by atoms with Gasteiger partial charge in [-0.05, 0) is 54.1 Å². The summed E-state index contributed by atoms with van der Waals surface area (Å²) in [5.74, 6) is -1.60. The fourth-order valence-corrected chi connectivity index (χ4v) is 4.16. The van der Waals surface area contributed by atoms with Gasteiger partial charge in [0.15, 0.2) is 0 Å². The highest BCUT2D eigenvalue weighted by Crippen LogP contribution is 2.22. The van der Waals surface area contributed by atoms with E-state index >= 15 is 0 Å². The number of nitrogen functional groups attached to an aromatic ring is 1. The van der Waals surface area contributed by atoms with Crippen molar-refractivity contribution in [3.05, 3.63) is 120 Å². The van der Waals surface area contributed by atoms with Crippen molar-refractivity contribution in [2.45, 2.75) is 5.92 Å². The van der Waals surface area contributed by atoms with Gasteiger partial charge in [0.1, 0.15) is 30.6 Å². The first-order valence-electron chi connectivity index (χ1n) is 13.1. The molecule has 4 aromatic carbocycles. The third-order valence-electron chi connectivity index (χ3n) is 6.30. The van der Waals surface area contributed by atoms with Crippen LogP contribution < -0.4 is 26.3 Å². The van der Waals surface area contributed by atoms with Crippen molar-refractivity contribution in [3.63, 3.8) is 0 Å². The molecule has 0 saturated carbocycles. The monoisotopic (exact) mass is 552 g/mol. The number of rotatable bonds is 13. The number of hydrogen-bond acceptors (Lipinski definition) is 6. The highest BCUT2D eigenvalue weighted by Gasteiger charge is 2.31. The predicted molar refractivity (Wildman–Crippen MR) is 158 cm³/mol. The minimum atomic E-state index is -1.26. The summed E-state index contributed by atoms with van der Waals surface area (Å²) in [4.78, 5) is 40.5. The second-order valence-corrected chi connectivity index (χ2v) is 9.15. The summed E-state index contributed by atoms with van der Waals surface area (Å²) in [6, 6.07) is 31.6. The molecular weight excluding hydrogens is 520 g/mol. The number of nitrogens with zero attached hydrogens (tertiary/aromatic N) is 1. The van der Waals surface area contributed by atoms with Crippen LogP contribution in [-0.2, 0) is 9.59 Å². The lowest BCUT2D eigenvalue weighted by Gasteiger charge is -2.26. The molecule has 0 saturated heterocycles. The Morgan fingerprint density at radius 3 is 1.73 bits per heavy atom. The maximum Gasteiger partial charge on any atom is 0.255 e. The average molecular weight is 553 g/mol. The fraction of sp³-hybridized carbons (Fsp3) is 0.156. The number of carbonyl (C=O) groups is 3. The molecule has 0 spiro atoms. The van der Waals surface area contributed by atoms with Gasteiger partial charge in [-0.25, -0.2) is 0 Å². The Morgan fingerprint density at radius 1 is 0.707 bits per heavy atom. The van der Waals surface area contributed by atoms with Gasteiger partial charge in [-0.15, -0.1) is 0 Å². The first-order chi connectivity index (χ1) is 19.9. The zero-order valence-electron chi connectivity index (χ0n) is 22.4. The molecule has 0 radical (unpaired) electrons. The summed E-state index contributed by atoms with van der Waals surface area (Å²) in [6.45, 7) is 0.811. The SMILES string of the molecule is NC(=O)C(C(=O)N(CCOc1ccccc1)CCOc1ccccc1)c1ccc(C(=O)Nc2ccccc2N)cc1. The second-order valence-electron chi connectivity index (χ2n) is 9.15. The molecule has 5 N–H and O–H groups in total. The molecule has 1 atom stereocenters. The van der Waals surface area contributed by atoms with Crippen molar-refractivity contribution in [2.24, 2.45) is 5.73 Å². The minimum absolute atomic E-state index is 0.203. The Labute approximate surface area is 238 Å². The van der Waals surface area contributed by atoms with Crippen LogP contribution in [0, 0.1) is 0 Å². The number of nitrogens with two attached hydrogens (primary N) is 2. The van der Waals surface area contributed by atoms with E-state index in [4.69, 9.17) is 20.9 Å². The van der Waals surface area contributed by atoms with E-state index in [0.29, 0.717) is 34.0 Å². The van der Waals surface area contributed by atoms with E-state index in [1.807, 2.05) is 60.7 Å². The molecule has 0 aliphatic rings. The number of hydrogen-bond donors (Lipinski definition) is 3. The highest BCUT2D eigenvalue weighted by molar-refractivity contribution is 6.07. The molecule has 9 heteroatoms. The lowest BCUT2D eigenvalue weighted by molar-refractivity contribution is -0.138. The lowest BCUT2D eigenvalue weighted by Crippen LogP contribution is -2.44. The molecule has 41 heavy (non-hydrogen) atoms. The molecular formula is C32H32N4O5. The van der Waals surface area contributed by atoms with Crippen LogP contribution >= 0.6 is 0 Å². The zero-order valence-corrected chi connectivity index (χ0v) is 22.4. The van der Waals surface area contributed by atoms with Crippen LogP contribution in [0.3, 0.4) is 0 Å².